The highest BCUT2D eigenvalue weighted by molar-refractivity contribution is 7.99. The number of nitrogens with one attached hydrogen (secondary N) is 1. The fraction of sp³-hybridized carbons (Fsp3) is 0.588. The van der Waals surface area contributed by atoms with Gasteiger partial charge in [-0.1, -0.05) is 12.1 Å². The predicted molar refractivity (Wildman–Crippen MR) is 93.3 cm³/mol. The van der Waals surface area contributed by atoms with Crippen LogP contribution < -0.4 is 0 Å². The molecular weight excluding hydrogens is 292 g/mol. The van der Waals surface area contributed by atoms with E-state index in [1.807, 2.05) is 0 Å². The topological polar surface area (TPSA) is 35.2 Å². The van der Waals surface area contributed by atoms with Gasteiger partial charge in [0.25, 0.3) is 0 Å². The molecule has 1 aromatic carbocycles. The summed E-state index contributed by atoms with van der Waals surface area (Å²) in [6.07, 6.45) is 2.62. The monoisotopic (exact) mass is 316 g/mol. The van der Waals surface area contributed by atoms with Crippen LogP contribution in [0.3, 0.4) is 0 Å². The fourth-order valence-electron chi connectivity index (χ4n) is 3.68. The molecular formula is C17H24N4S. The van der Waals surface area contributed by atoms with Crippen molar-refractivity contribution >= 4 is 22.8 Å². The van der Waals surface area contributed by atoms with Gasteiger partial charge in [0, 0.05) is 43.7 Å². The van der Waals surface area contributed by atoms with Crippen molar-refractivity contribution in [3.05, 3.63) is 30.1 Å². The minimum atomic E-state index is 0.813. The minimum absolute atomic E-state index is 0.813. The molecule has 0 spiro atoms. The Bertz CT molecular complexity index is 579. The smallest absolute Gasteiger partial charge is 0.121 e. The summed E-state index contributed by atoms with van der Waals surface area (Å²) < 4.78 is 0. The Morgan fingerprint density at radius 2 is 1.86 bits per heavy atom. The Morgan fingerprint density at radius 1 is 1.09 bits per heavy atom. The Hall–Kier alpha value is -1.04. The number of imidazole rings is 1. The first kappa shape index (κ1) is 14.5. The van der Waals surface area contributed by atoms with E-state index < -0.39 is 0 Å². The van der Waals surface area contributed by atoms with Gasteiger partial charge in [-0.15, -0.1) is 0 Å². The van der Waals surface area contributed by atoms with Crippen LogP contribution in [0, 0.1) is 0 Å². The van der Waals surface area contributed by atoms with Gasteiger partial charge in [0.1, 0.15) is 5.82 Å². The third-order valence-corrected chi connectivity index (χ3v) is 5.87. The molecule has 2 saturated heterocycles. The molecule has 4 rings (SSSR count). The predicted octanol–water partition coefficient (Wildman–Crippen LogP) is 2.58. The molecule has 0 amide bonds. The van der Waals surface area contributed by atoms with Gasteiger partial charge in [-0.3, -0.25) is 9.80 Å². The Balaban J connectivity index is 1.33. The van der Waals surface area contributed by atoms with Gasteiger partial charge in [0.15, 0.2) is 0 Å². The number of aromatic nitrogens is 2. The maximum absolute atomic E-state index is 4.71. The molecule has 0 saturated carbocycles. The van der Waals surface area contributed by atoms with Crippen LogP contribution in [0.15, 0.2) is 24.3 Å². The Kier molecular flexibility index (Phi) is 4.37. The number of hydrogen-bond donors (Lipinski definition) is 1. The average Bonchev–Trinajstić information content (AvgIpc) is 2.98. The van der Waals surface area contributed by atoms with Crippen LogP contribution in [0.4, 0.5) is 0 Å². The molecule has 1 N–H and O–H groups in total. The van der Waals surface area contributed by atoms with Gasteiger partial charge in [-0.2, -0.15) is 11.8 Å². The first-order chi connectivity index (χ1) is 10.9. The number of thioether (sulfide) groups is 1. The van der Waals surface area contributed by atoms with E-state index in [0.29, 0.717) is 0 Å². The summed E-state index contributed by atoms with van der Waals surface area (Å²) >= 11 is 2.10. The molecule has 5 heteroatoms. The van der Waals surface area contributed by atoms with Crippen molar-refractivity contribution < 1.29 is 0 Å². The largest absolute Gasteiger partial charge is 0.341 e. The summed E-state index contributed by atoms with van der Waals surface area (Å²) in [4.78, 5) is 13.4. The van der Waals surface area contributed by atoms with Crippen molar-refractivity contribution in [2.45, 2.75) is 25.4 Å². The maximum Gasteiger partial charge on any atom is 0.121 e. The van der Waals surface area contributed by atoms with E-state index in [4.69, 9.17) is 4.98 Å². The number of fused-ring (bicyclic) bond motifs is 1. The number of para-hydroxylation sites is 2. The molecule has 0 unspecified atom stereocenters. The standard InChI is InChI=1S/C17H24N4S/c1-2-4-16-15(3-1)18-17(19-16)13-20-7-5-14(6-8-20)21-9-11-22-12-10-21/h1-4,14H,5-13H2,(H,18,19). The van der Waals surface area contributed by atoms with Crippen LogP contribution in [-0.4, -0.2) is 63.5 Å². The van der Waals surface area contributed by atoms with Gasteiger partial charge in [-0.25, -0.2) is 4.98 Å². The van der Waals surface area contributed by atoms with Crippen LogP contribution in [0.2, 0.25) is 0 Å². The zero-order valence-electron chi connectivity index (χ0n) is 13.0. The number of nitrogens with zero attached hydrogens (tertiary/aromatic N) is 3. The quantitative estimate of drug-likeness (QED) is 0.944. The van der Waals surface area contributed by atoms with Crippen molar-refractivity contribution in [1.29, 1.82) is 0 Å². The van der Waals surface area contributed by atoms with Crippen LogP contribution in [0.1, 0.15) is 18.7 Å². The van der Waals surface area contributed by atoms with E-state index in [0.717, 1.165) is 29.4 Å². The molecule has 2 fully saturated rings. The minimum Gasteiger partial charge on any atom is -0.341 e. The third kappa shape index (κ3) is 3.16. The van der Waals surface area contributed by atoms with Crippen molar-refractivity contribution in [2.24, 2.45) is 0 Å². The number of likely N-dealkylation sites (tertiary alicyclic amines) is 1. The van der Waals surface area contributed by atoms with E-state index in [9.17, 15) is 0 Å². The summed E-state index contributed by atoms with van der Waals surface area (Å²) in [5, 5.41) is 0. The number of benzene rings is 1. The van der Waals surface area contributed by atoms with Crippen molar-refractivity contribution in [3.8, 4) is 0 Å². The van der Waals surface area contributed by atoms with Crippen molar-refractivity contribution in [2.75, 3.05) is 37.7 Å². The molecule has 118 valence electrons. The second-order valence-electron chi connectivity index (χ2n) is 6.36. The zero-order valence-corrected chi connectivity index (χ0v) is 13.8. The van der Waals surface area contributed by atoms with Gasteiger partial charge in [-0.05, 0) is 25.0 Å². The molecule has 2 aromatic rings. The summed E-state index contributed by atoms with van der Waals surface area (Å²) in [5.74, 6) is 3.74. The highest BCUT2D eigenvalue weighted by Gasteiger charge is 2.25. The van der Waals surface area contributed by atoms with Gasteiger partial charge < -0.3 is 4.98 Å². The van der Waals surface area contributed by atoms with Gasteiger partial charge in [0.2, 0.25) is 0 Å². The summed E-state index contributed by atoms with van der Waals surface area (Å²) in [5.41, 5.74) is 2.23. The maximum atomic E-state index is 4.71. The van der Waals surface area contributed by atoms with E-state index in [-0.39, 0.29) is 0 Å². The van der Waals surface area contributed by atoms with Gasteiger partial charge >= 0.3 is 0 Å². The van der Waals surface area contributed by atoms with Crippen LogP contribution in [0.5, 0.6) is 0 Å². The number of piperidine rings is 1. The molecule has 0 radical (unpaired) electrons. The summed E-state index contributed by atoms with van der Waals surface area (Å²) in [6, 6.07) is 9.11. The summed E-state index contributed by atoms with van der Waals surface area (Å²) in [6.45, 7) is 5.94. The van der Waals surface area contributed by atoms with Crippen LogP contribution in [0.25, 0.3) is 11.0 Å². The molecule has 0 atom stereocenters. The summed E-state index contributed by atoms with van der Waals surface area (Å²) in [7, 11) is 0. The van der Waals surface area contributed by atoms with E-state index >= 15 is 0 Å². The van der Waals surface area contributed by atoms with E-state index in [1.165, 1.54) is 50.5 Å². The van der Waals surface area contributed by atoms with Crippen molar-refractivity contribution in [1.82, 2.24) is 19.8 Å². The molecule has 0 bridgehead atoms. The second kappa shape index (κ2) is 6.60. The second-order valence-corrected chi connectivity index (χ2v) is 7.58. The zero-order chi connectivity index (χ0) is 14.8. The number of rotatable bonds is 3. The lowest BCUT2D eigenvalue weighted by molar-refractivity contribution is 0.111. The Labute approximate surface area is 136 Å². The number of aromatic amines is 1. The lowest BCUT2D eigenvalue weighted by Gasteiger charge is -2.39. The number of H-pyrrole nitrogens is 1. The van der Waals surface area contributed by atoms with Crippen LogP contribution in [-0.2, 0) is 6.54 Å². The molecule has 2 aliphatic rings. The molecule has 0 aliphatic carbocycles. The molecule has 22 heavy (non-hydrogen) atoms. The lowest BCUT2D eigenvalue weighted by atomic mass is 10.0. The van der Waals surface area contributed by atoms with E-state index in [1.54, 1.807) is 0 Å². The first-order valence-electron chi connectivity index (χ1n) is 8.36. The number of hydrogen-bond acceptors (Lipinski definition) is 4. The van der Waals surface area contributed by atoms with Gasteiger partial charge in [0.05, 0.1) is 17.6 Å². The van der Waals surface area contributed by atoms with Crippen LogP contribution >= 0.6 is 11.8 Å². The Morgan fingerprint density at radius 3 is 2.64 bits per heavy atom. The van der Waals surface area contributed by atoms with E-state index in [2.05, 4.69) is 50.8 Å². The average molecular weight is 316 g/mol. The fourth-order valence-corrected chi connectivity index (χ4v) is 4.61. The normalized spacial score (nSPS) is 22.4. The highest BCUT2D eigenvalue weighted by atomic mass is 32.2. The highest BCUT2D eigenvalue weighted by Crippen LogP contribution is 2.21. The molecule has 1 aromatic heterocycles. The van der Waals surface area contributed by atoms with Crippen molar-refractivity contribution in [3.63, 3.8) is 0 Å². The SMILES string of the molecule is c1ccc2[nH]c(CN3CCC(N4CCSCC4)CC3)nc2c1. The molecule has 3 heterocycles. The molecule has 4 nitrogen and oxygen atoms in total. The lowest BCUT2D eigenvalue weighted by Crippen LogP contribution is -2.47. The molecule has 2 aliphatic heterocycles. The first-order valence-corrected chi connectivity index (χ1v) is 9.52. The third-order valence-electron chi connectivity index (χ3n) is 4.93.